The van der Waals surface area contributed by atoms with Crippen molar-refractivity contribution in [1.29, 1.82) is 0 Å². The molecule has 0 saturated carbocycles. The van der Waals surface area contributed by atoms with Gasteiger partial charge in [-0.05, 0) is 28.2 Å². The molecule has 0 saturated heterocycles. The van der Waals surface area contributed by atoms with Gasteiger partial charge in [0.15, 0.2) is 0 Å². The Morgan fingerprint density at radius 2 is 1.46 bits per heavy atom. The fourth-order valence-corrected chi connectivity index (χ4v) is 3.47. The van der Waals surface area contributed by atoms with Crippen molar-refractivity contribution in [2.45, 2.75) is 18.8 Å². The molecule has 3 aromatic rings. The van der Waals surface area contributed by atoms with Gasteiger partial charge in [0, 0.05) is 0 Å². The van der Waals surface area contributed by atoms with Crippen molar-refractivity contribution in [1.82, 2.24) is 0 Å². The first-order valence-electron chi connectivity index (χ1n) is 7.97. The predicted octanol–water partition coefficient (Wildman–Crippen LogP) is 3.09. The zero-order valence-corrected chi connectivity index (χ0v) is 14.6. The average Bonchev–Trinajstić information content (AvgIpc) is 2.62. The Kier molecular flexibility index (Phi) is 6.50. The van der Waals surface area contributed by atoms with Crippen molar-refractivity contribution in [3.63, 3.8) is 0 Å². The normalized spacial score (nSPS) is 15.6. The van der Waals surface area contributed by atoms with E-state index >= 15 is 0 Å². The van der Waals surface area contributed by atoms with E-state index in [-0.39, 0.29) is 26.3 Å². The molecule has 0 fully saturated rings. The number of fused-ring (bicyclic) bond motifs is 1. The smallest absolute Gasteiger partial charge is 0.358 e. The van der Waals surface area contributed by atoms with Crippen LogP contribution in [0.1, 0.15) is 29.0 Å². The number of benzene rings is 3. The third-order valence-electron chi connectivity index (χ3n) is 4.59. The molecule has 116 valence electrons. The van der Waals surface area contributed by atoms with Crippen molar-refractivity contribution in [2.24, 2.45) is 0 Å². The van der Waals surface area contributed by atoms with Crippen LogP contribution in [0.15, 0.2) is 78.9 Å². The van der Waals surface area contributed by atoms with E-state index in [0.717, 1.165) is 12.8 Å². The quantitative estimate of drug-likeness (QED) is 0.504. The second-order valence-electron chi connectivity index (χ2n) is 5.97. The van der Waals surface area contributed by atoms with E-state index in [1.165, 1.54) is 27.8 Å². The average molecular weight is 305 g/mol. The molecule has 0 bridgehead atoms. The zero-order chi connectivity index (χ0) is 14.8. The first-order valence-corrected chi connectivity index (χ1v) is 7.97. The monoisotopic (exact) mass is 305 g/mol. The van der Waals surface area contributed by atoms with Gasteiger partial charge in [-0.3, -0.25) is 0 Å². The van der Waals surface area contributed by atoms with Gasteiger partial charge in [-0.2, -0.15) is 12.8 Å². The third kappa shape index (κ3) is 3.67. The molecular weight excluding hydrogens is 283 g/mol. The maximum Gasteiger partial charge on any atom is 1.00 e. The minimum absolute atomic E-state index is 0. The molecule has 0 N–H and O–H groups in total. The van der Waals surface area contributed by atoms with Crippen molar-refractivity contribution in [3.05, 3.63) is 109 Å². The Morgan fingerprint density at radius 3 is 2.29 bits per heavy atom. The molecule has 3 aromatic carbocycles. The van der Waals surface area contributed by atoms with E-state index in [9.17, 15) is 0 Å². The fraction of sp³-hybridized carbons (Fsp3) is 0.130. The molecule has 0 aliphatic heterocycles. The van der Waals surface area contributed by atoms with E-state index in [1.807, 2.05) is 0 Å². The molecule has 0 spiro atoms. The van der Waals surface area contributed by atoms with Crippen molar-refractivity contribution in [2.75, 3.05) is 0 Å². The summed E-state index contributed by atoms with van der Waals surface area (Å²) in [6, 6.07) is 28.5. The van der Waals surface area contributed by atoms with Crippen LogP contribution in [0.5, 0.6) is 0 Å². The molecular formula is C23H22Li-. The first kappa shape index (κ1) is 18.6. The van der Waals surface area contributed by atoms with Gasteiger partial charge in [0.1, 0.15) is 0 Å². The molecule has 24 heavy (non-hydrogen) atoms. The Labute approximate surface area is 158 Å². The summed E-state index contributed by atoms with van der Waals surface area (Å²) in [5, 5.41) is 0. The Bertz CT molecular complexity index is 777. The third-order valence-corrected chi connectivity index (χ3v) is 4.59. The molecule has 1 aliphatic rings. The van der Waals surface area contributed by atoms with Crippen LogP contribution in [0, 0.1) is 13.8 Å². The SMILES string of the molecule is [CH3-].[Li+].c1ccc(-c2cccc([C@@H]3C[CH-]Cc4ccccc43)c2)cc1. The van der Waals surface area contributed by atoms with Crippen molar-refractivity contribution in [3.8, 4) is 11.1 Å². The Hall–Kier alpha value is -1.74. The second-order valence-corrected chi connectivity index (χ2v) is 5.97. The van der Waals surface area contributed by atoms with E-state index < -0.39 is 0 Å². The van der Waals surface area contributed by atoms with Gasteiger partial charge in [0.2, 0.25) is 0 Å². The maximum atomic E-state index is 2.42. The van der Waals surface area contributed by atoms with Crippen LogP contribution < -0.4 is 18.9 Å². The van der Waals surface area contributed by atoms with Gasteiger partial charge in [-0.15, -0.1) is 0 Å². The second kappa shape index (κ2) is 8.38. The largest absolute Gasteiger partial charge is 1.00 e. The fourth-order valence-electron chi connectivity index (χ4n) is 3.47. The summed E-state index contributed by atoms with van der Waals surface area (Å²) in [4.78, 5) is 0. The molecule has 0 amide bonds. The molecule has 4 rings (SSSR count). The van der Waals surface area contributed by atoms with E-state index in [4.69, 9.17) is 0 Å². The Morgan fingerprint density at radius 1 is 0.750 bits per heavy atom. The van der Waals surface area contributed by atoms with Gasteiger partial charge in [0.05, 0.1) is 0 Å². The number of rotatable bonds is 2. The molecule has 1 heteroatoms. The molecule has 0 nitrogen and oxygen atoms in total. The van der Waals surface area contributed by atoms with E-state index in [2.05, 4.69) is 85.3 Å². The van der Waals surface area contributed by atoms with Gasteiger partial charge in [-0.1, -0.05) is 84.4 Å². The van der Waals surface area contributed by atoms with Crippen LogP contribution in [-0.2, 0) is 6.42 Å². The van der Waals surface area contributed by atoms with Crippen LogP contribution in [0.3, 0.4) is 0 Å². The summed E-state index contributed by atoms with van der Waals surface area (Å²) in [5.41, 5.74) is 6.99. The topological polar surface area (TPSA) is 0 Å². The van der Waals surface area contributed by atoms with Crippen LogP contribution >= 0.6 is 0 Å². The minimum atomic E-state index is 0. The van der Waals surface area contributed by atoms with Crippen molar-refractivity contribution < 1.29 is 18.9 Å². The van der Waals surface area contributed by atoms with Gasteiger partial charge < -0.3 is 13.8 Å². The Balaban J connectivity index is 0.00000104. The number of hydrogen-bond acceptors (Lipinski definition) is 0. The molecule has 0 radical (unpaired) electrons. The number of hydrogen-bond donors (Lipinski definition) is 0. The van der Waals surface area contributed by atoms with Crippen molar-refractivity contribution >= 4 is 0 Å². The van der Waals surface area contributed by atoms with E-state index in [1.54, 1.807) is 0 Å². The van der Waals surface area contributed by atoms with Gasteiger partial charge >= 0.3 is 18.9 Å². The van der Waals surface area contributed by atoms with E-state index in [0.29, 0.717) is 5.92 Å². The summed E-state index contributed by atoms with van der Waals surface area (Å²) in [7, 11) is 0. The summed E-state index contributed by atoms with van der Waals surface area (Å²) in [6.07, 6.45) is 4.66. The maximum absolute atomic E-state index is 2.42. The van der Waals surface area contributed by atoms with Crippen LogP contribution in [-0.4, -0.2) is 0 Å². The summed E-state index contributed by atoms with van der Waals surface area (Å²) in [5.74, 6) is 0.494. The minimum Gasteiger partial charge on any atom is -0.358 e. The standard InChI is InChI=1S/C22H19.CH3.Li/c1-2-8-17(9-3-1)19-12-6-13-20(16-19)22-15-7-11-18-10-4-5-14-21(18)22;;/h1-10,12-14,16,22H,11,15H2;1H3;/q2*-1;+1/t22-;;/m0../s1. The molecule has 1 atom stereocenters. The summed E-state index contributed by atoms with van der Waals surface area (Å²) in [6.45, 7) is 0. The molecule has 0 unspecified atom stereocenters. The summed E-state index contributed by atoms with van der Waals surface area (Å²) < 4.78 is 0. The van der Waals surface area contributed by atoms with Gasteiger partial charge in [0.25, 0.3) is 0 Å². The predicted molar refractivity (Wildman–Crippen MR) is 99.2 cm³/mol. The van der Waals surface area contributed by atoms with Crippen LogP contribution in [0.2, 0.25) is 0 Å². The van der Waals surface area contributed by atoms with Crippen LogP contribution in [0.4, 0.5) is 0 Å². The van der Waals surface area contributed by atoms with Gasteiger partial charge in [-0.25, -0.2) is 0 Å². The molecule has 1 aliphatic carbocycles. The molecule has 0 heterocycles. The summed E-state index contributed by atoms with van der Waals surface area (Å²) >= 11 is 0. The first-order chi connectivity index (χ1) is 10.9. The molecule has 0 aromatic heterocycles. The van der Waals surface area contributed by atoms with Crippen LogP contribution in [0.25, 0.3) is 11.1 Å². The zero-order valence-electron chi connectivity index (χ0n) is 14.6.